The van der Waals surface area contributed by atoms with E-state index in [-0.39, 0.29) is 5.69 Å². The third kappa shape index (κ3) is 2.78. The zero-order chi connectivity index (χ0) is 13.8. The van der Waals surface area contributed by atoms with E-state index in [1.807, 2.05) is 6.92 Å². The molecule has 0 radical (unpaired) electrons. The van der Waals surface area contributed by atoms with Gasteiger partial charge in [0.25, 0.3) is 0 Å². The summed E-state index contributed by atoms with van der Waals surface area (Å²) in [6.07, 6.45) is 1.53. The maximum Gasteiger partial charge on any atom is 0.360 e. The molecule has 2 aromatic heterocycles. The number of hydrogen-bond acceptors (Lipinski definition) is 7. The van der Waals surface area contributed by atoms with Gasteiger partial charge >= 0.3 is 5.97 Å². The van der Waals surface area contributed by atoms with Crippen LogP contribution in [0.15, 0.2) is 4.42 Å². The lowest BCUT2D eigenvalue weighted by Crippen LogP contribution is -2.10. The second-order valence-electron chi connectivity index (χ2n) is 4.00. The molecule has 0 saturated carbocycles. The van der Waals surface area contributed by atoms with E-state index in [9.17, 15) is 4.79 Å². The van der Waals surface area contributed by atoms with Gasteiger partial charge in [0.1, 0.15) is 6.54 Å². The van der Waals surface area contributed by atoms with E-state index >= 15 is 0 Å². The molecule has 0 N–H and O–H groups in total. The predicted octanol–water partition coefficient (Wildman–Crippen LogP) is 0.757. The third-order valence-corrected chi connectivity index (χ3v) is 2.56. The number of rotatable bonds is 5. The summed E-state index contributed by atoms with van der Waals surface area (Å²) in [5, 5.41) is 15.4. The van der Waals surface area contributed by atoms with Crippen molar-refractivity contribution in [1.29, 1.82) is 0 Å². The van der Waals surface area contributed by atoms with Crippen LogP contribution in [-0.4, -0.2) is 38.3 Å². The standard InChI is InChI=1S/C11H15N5O3/c1-4-5-8-10(11(17)18-3)14-15-16(8)6-9-13-12-7(2)19-9/h4-6H2,1-3H3. The summed E-state index contributed by atoms with van der Waals surface area (Å²) < 4.78 is 11.6. The van der Waals surface area contributed by atoms with Crippen LogP contribution in [0.4, 0.5) is 0 Å². The minimum Gasteiger partial charge on any atom is -0.464 e. The van der Waals surface area contributed by atoms with Crippen molar-refractivity contribution in [3.05, 3.63) is 23.2 Å². The average Bonchev–Trinajstić information content (AvgIpc) is 2.97. The number of aryl methyl sites for hydroxylation is 1. The van der Waals surface area contributed by atoms with Crippen molar-refractivity contribution in [2.24, 2.45) is 0 Å². The van der Waals surface area contributed by atoms with E-state index in [1.54, 1.807) is 11.6 Å². The lowest BCUT2D eigenvalue weighted by Gasteiger charge is -2.03. The van der Waals surface area contributed by atoms with E-state index < -0.39 is 5.97 Å². The van der Waals surface area contributed by atoms with E-state index in [4.69, 9.17) is 4.42 Å². The molecule has 2 aromatic rings. The fraction of sp³-hybridized carbons (Fsp3) is 0.545. The van der Waals surface area contributed by atoms with E-state index in [1.165, 1.54) is 7.11 Å². The Morgan fingerprint density at radius 2 is 2.16 bits per heavy atom. The second kappa shape index (κ2) is 5.59. The van der Waals surface area contributed by atoms with E-state index in [2.05, 4.69) is 25.2 Å². The molecule has 0 aliphatic rings. The molecule has 19 heavy (non-hydrogen) atoms. The first-order valence-corrected chi connectivity index (χ1v) is 5.95. The minimum absolute atomic E-state index is 0.237. The summed E-state index contributed by atoms with van der Waals surface area (Å²) in [7, 11) is 1.32. The Kier molecular flexibility index (Phi) is 3.88. The fourth-order valence-electron chi connectivity index (χ4n) is 1.73. The monoisotopic (exact) mass is 265 g/mol. The molecule has 0 atom stereocenters. The number of aromatic nitrogens is 5. The highest BCUT2D eigenvalue weighted by atomic mass is 16.5. The van der Waals surface area contributed by atoms with Gasteiger partial charge in [-0.1, -0.05) is 18.6 Å². The van der Waals surface area contributed by atoms with Crippen LogP contribution in [0.5, 0.6) is 0 Å². The normalized spacial score (nSPS) is 10.7. The van der Waals surface area contributed by atoms with Crippen LogP contribution in [0.3, 0.4) is 0 Å². The van der Waals surface area contributed by atoms with Crippen LogP contribution in [0.1, 0.15) is 41.3 Å². The van der Waals surface area contributed by atoms with Crippen molar-refractivity contribution in [3.63, 3.8) is 0 Å². The Bertz CT molecular complexity index is 575. The zero-order valence-electron chi connectivity index (χ0n) is 11.1. The van der Waals surface area contributed by atoms with Crippen molar-refractivity contribution in [1.82, 2.24) is 25.2 Å². The average molecular weight is 265 g/mol. The van der Waals surface area contributed by atoms with Gasteiger partial charge in [-0.25, -0.2) is 9.48 Å². The number of carbonyl (C=O) groups excluding carboxylic acids is 1. The number of carbonyl (C=O) groups is 1. The summed E-state index contributed by atoms with van der Waals surface area (Å²) in [6.45, 7) is 4.01. The van der Waals surface area contributed by atoms with E-state index in [0.717, 1.165) is 6.42 Å². The maximum absolute atomic E-state index is 11.6. The number of ether oxygens (including phenoxy) is 1. The van der Waals surface area contributed by atoms with Gasteiger partial charge in [0.05, 0.1) is 12.8 Å². The molecule has 0 unspecified atom stereocenters. The van der Waals surface area contributed by atoms with Gasteiger partial charge in [0.15, 0.2) is 5.69 Å². The molecule has 0 aliphatic heterocycles. The Morgan fingerprint density at radius 1 is 1.37 bits per heavy atom. The molecule has 0 bridgehead atoms. The highest BCUT2D eigenvalue weighted by Gasteiger charge is 2.20. The van der Waals surface area contributed by atoms with Crippen LogP contribution in [0.2, 0.25) is 0 Å². The van der Waals surface area contributed by atoms with Crippen LogP contribution < -0.4 is 0 Å². The van der Waals surface area contributed by atoms with Gasteiger partial charge in [-0.05, 0) is 6.42 Å². The SMILES string of the molecule is CCCc1c(C(=O)OC)nnn1Cc1nnc(C)o1. The molecular formula is C11H15N5O3. The highest BCUT2D eigenvalue weighted by Crippen LogP contribution is 2.11. The van der Waals surface area contributed by atoms with Gasteiger partial charge < -0.3 is 9.15 Å². The first kappa shape index (κ1) is 13.2. The topological polar surface area (TPSA) is 95.9 Å². The quantitative estimate of drug-likeness (QED) is 0.736. The Morgan fingerprint density at radius 3 is 2.74 bits per heavy atom. The molecule has 0 saturated heterocycles. The molecular weight excluding hydrogens is 250 g/mol. The lowest BCUT2D eigenvalue weighted by atomic mass is 10.2. The predicted molar refractivity (Wildman–Crippen MR) is 63.5 cm³/mol. The maximum atomic E-state index is 11.6. The molecule has 0 amide bonds. The van der Waals surface area contributed by atoms with Gasteiger partial charge in [-0.15, -0.1) is 15.3 Å². The second-order valence-corrected chi connectivity index (χ2v) is 4.00. The van der Waals surface area contributed by atoms with Gasteiger partial charge in [0, 0.05) is 6.92 Å². The molecule has 0 aliphatic carbocycles. The first-order chi connectivity index (χ1) is 9.15. The molecule has 0 aromatic carbocycles. The van der Waals surface area contributed by atoms with Crippen LogP contribution >= 0.6 is 0 Å². The van der Waals surface area contributed by atoms with Crippen LogP contribution in [-0.2, 0) is 17.7 Å². The smallest absolute Gasteiger partial charge is 0.360 e. The van der Waals surface area contributed by atoms with Gasteiger partial charge in [-0.3, -0.25) is 0 Å². The number of methoxy groups -OCH3 is 1. The lowest BCUT2D eigenvalue weighted by molar-refractivity contribution is 0.0592. The number of esters is 1. The zero-order valence-corrected chi connectivity index (χ0v) is 11.1. The summed E-state index contributed by atoms with van der Waals surface area (Å²) in [5.41, 5.74) is 0.950. The Hall–Kier alpha value is -2.25. The van der Waals surface area contributed by atoms with Crippen molar-refractivity contribution in [2.45, 2.75) is 33.2 Å². The van der Waals surface area contributed by atoms with E-state index in [0.29, 0.717) is 30.4 Å². The summed E-state index contributed by atoms with van der Waals surface area (Å²) in [4.78, 5) is 11.6. The Labute approximate surface area is 109 Å². The number of nitrogens with zero attached hydrogens (tertiary/aromatic N) is 5. The molecule has 8 nitrogen and oxygen atoms in total. The minimum atomic E-state index is -0.489. The highest BCUT2D eigenvalue weighted by molar-refractivity contribution is 5.88. The Balaban J connectivity index is 2.29. The van der Waals surface area contributed by atoms with Gasteiger partial charge in [0.2, 0.25) is 11.8 Å². The van der Waals surface area contributed by atoms with Crippen molar-refractivity contribution < 1.29 is 13.9 Å². The molecule has 2 rings (SSSR count). The molecule has 2 heterocycles. The molecule has 0 spiro atoms. The third-order valence-electron chi connectivity index (χ3n) is 2.56. The van der Waals surface area contributed by atoms with Crippen LogP contribution in [0, 0.1) is 6.92 Å². The number of hydrogen-bond donors (Lipinski definition) is 0. The fourth-order valence-corrected chi connectivity index (χ4v) is 1.73. The summed E-state index contributed by atoms with van der Waals surface area (Å²) in [5.74, 6) is 0.424. The summed E-state index contributed by atoms with van der Waals surface area (Å²) in [6, 6.07) is 0. The summed E-state index contributed by atoms with van der Waals surface area (Å²) >= 11 is 0. The molecule has 8 heteroatoms. The first-order valence-electron chi connectivity index (χ1n) is 5.95. The molecule has 102 valence electrons. The van der Waals surface area contributed by atoms with Crippen molar-refractivity contribution >= 4 is 5.97 Å². The largest absolute Gasteiger partial charge is 0.464 e. The van der Waals surface area contributed by atoms with Crippen LogP contribution in [0.25, 0.3) is 0 Å². The molecule has 0 fully saturated rings. The van der Waals surface area contributed by atoms with Crippen molar-refractivity contribution in [2.75, 3.05) is 7.11 Å². The van der Waals surface area contributed by atoms with Crippen molar-refractivity contribution in [3.8, 4) is 0 Å². The van der Waals surface area contributed by atoms with Gasteiger partial charge in [-0.2, -0.15) is 0 Å².